The first-order valence-electron chi connectivity index (χ1n) is 8.59. The molecule has 2 aliphatic rings. The second-order valence-electron chi connectivity index (χ2n) is 6.14. The van der Waals surface area contributed by atoms with Gasteiger partial charge in [0.05, 0.1) is 12.8 Å². The quantitative estimate of drug-likeness (QED) is 0.777. The highest BCUT2D eigenvalue weighted by Crippen LogP contribution is 2.35. The number of hydrogen-bond donors (Lipinski definition) is 0. The van der Waals surface area contributed by atoms with Crippen molar-refractivity contribution in [1.82, 2.24) is 9.88 Å². The Bertz CT molecular complexity index is 834. The molecule has 1 saturated heterocycles. The molecule has 134 valence electrons. The number of fused-ring (bicyclic) bond motifs is 1. The zero-order valence-corrected chi connectivity index (χ0v) is 15.4. The monoisotopic (exact) mass is 368 g/mol. The van der Waals surface area contributed by atoms with E-state index in [0.29, 0.717) is 0 Å². The number of amidine groups is 1. The fourth-order valence-corrected chi connectivity index (χ4v) is 4.37. The van der Waals surface area contributed by atoms with Crippen LogP contribution < -0.4 is 9.64 Å². The van der Waals surface area contributed by atoms with Crippen LogP contribution in [-0.2, 0) is 4.79 Å². The SMILES string of the molecule is COc1ccccc1N1CCN(C2=NC(C=O)c3cccnc3S2)CC1. The summed E-state index contributed by atoms with van der Waals surface area (Å²) in [4.78, 5) is 25.1. The second kappa shape index (κ2) is 7.37. The van der Waals surface area contributed by atoms with Gasteiger partial charge in [0.15, 0.2) is 5.17 Å². The molecule has 6 nitrogen and oxygen atoms in total. The van der Waals surface area contributed by atoms with Gasteiger partial charge in [0.1, 0.15) is 23.1 Å². The van der Waals surface area contributed by atoms with Crippen LogP contribution in [0.4, 0.5) is 5.69 Å². The van der Waals surface area contributed by atoms with Gasteiger partial charge in [-0.3, -0.25) is 0 Å². The van der Waals surface area contributed by atoms with E-state index in [-0.39, 0.29) is 0 Å². The van der Waals surface area contributed by atoms with Crippen molar-refractivity contribution in [3.8, 4) is 5.75 Å². The molecule has 26 heavy (non-hydrogen) atoms. The first kappa shape index (κ1) is 16.9. The Morgan fingerprint density at radius 3 is 2.65 bits per heavy atom. The van der Waals surface area contributed by atoms with Crippen molar-refractivity contribution in [1.29, 1.82) is 0 Å². The predicted molar refractivity (Wildman–Crippen MR) is 103 cm³/mol. The number of pyridine rings is 1. The number of thioether (sulfide) groups is 1. The molecular weight excluding hydrogens is 348 g/mol. The molecule has 1 unspecified atom stereocenters. The number of ether oxygens (including phenoxy) is 1. The number of anilines is 1. The van der Waals surface area contributed by atoms with Crippen molar-refractivity contribution >= 4 is 28.9 Å². The summed E-state index contributed by atoms with van der Waals surface area (Å²) in [5.74, 6) is 0.893. The predicted octanol–water partition coefficient (Wildman–Crippen LogP) is 2.61. The second-order valence-corrected chi connectivity index (χ2v) is 7.09. The highest BCUT2D eigenvalue weighted by molar-refractivity contribution is 8.13. The minimum absolute atomic E-state index is 0.456. The Balaban J connectivity index is 1.48. The number of carbonyl (C=O) groups is 1. The summed E-state index contributed by atoms with van der Waals surface area (Å²) < 4.78 is 5.48. The standard InChI is InChI=1S/C19H20N4O2S/c1-25-17-7-3-2-6-16(17)22-9-11-23(12-10-22)19-21-15(13-24)14-5-4-8-20-18(14)26-19/h2-8,13,15H,9-12H2,1H3. The van der Waals surface area contributed by atoms with Crippen LogP contribution in [0.5, 0.6) is 5.75 Å². The molecule has 0 radical (unpaired) electrons. The average Bonchev–Trinajstić information content (AvgIpc) is 2.73. The number of benzene rings is 1. The van der Waals surface area contributed by atoms with Crippen LogP contribution in [0.1, 0.15) is 11.6 Å². The third kappa shape index (κ3) is 3.14. The Kier molecular flexibility index (Phi) is 4.79. The number of para-hydroxylation sites is 2. The van der Waals surface area contributed by atoms with Crippen molar-refractivity contribution in [3.05, 3.63) is 48.2 Å². The van der Waals surface area contributed by atoms with Crippen LogP contribution in [0.15, 0.2) is 52.6 Å². The van der Waals surface area contributed by atoms with Gasteiger partial charge in [0.25, 0.3) is 0 Å². The molecule has 0 saturated carbocycles. The number of rotatable bonds is 3. The largest absolute Gasteiger partial charge is 0.495 e. The molecule has 0 spiro atoms. The number of piperazine rings is 1. The Morgan fingerprint density at radius 2 is 1.88 bits per heavy atom. The molecule has 0 bridgehead atoms. The molecule has 1 aromatic carbocycles. The van der Waals surface area contributed by atoms with Crippen LogP contribution in [0.3, 0.4) is 0 Å². The number of carbonyl (C=O) groups excluding carboxylic acids is 1. The van der Waals surface area contributed by atoms with E-state index in [0.717, 1.165) is 59.7 Å². The summed E-state index contributed by atoms with van der Waals surface area (Å²) in [6, 6.07) is 11.4. The van der Waals surface area contributed by atoms with Crippen LogP contribution >= 0.6 is 11.8 Å². The van der Waals surface area contributed by atoms with E-state index in [2.05, 4.69) is 25.8 Å². The fourth-order valence-electron chi connectivity index (χ4n) is 3.29. The van der Waals surface area contributed by atoms with Gasteiger partial charge in [-0.05, 0) is 30.0 Å². The third-order valence-corrected chi connectivity index (χ3v) is 5.74. The van der Waals surface area contributed by atoms with E-state index in [9.17, 15) is 4.79 Å². The molecular formula is C19H20N4O2S. The van der Waals surface area contributed by atoms with Gasteiger partial charge in [-0.15, -0.1) is 0 Å². The van der Waals surface area contributed by atoms with Crippen molar-refractivity contribution in [2.24, 2.45) is 4.99 Å². The molecule has 2 aliphatic heterocycles. The summed E-state index contributed by atoms with van der Waals surface area (Å²) >= 11 is 1.55. The number of nitrogens with zero attached hydrogens (tertiary/aromatic N) is 4. The van der Waals surface area contributed by atoms with Crippen molar-refractivity contribution < 1.29 is 9.53 Å². The van der Waals surface area contributed by atoms with Crippen LogP contribution in [-0.4, -0.2) is 54.6 Å². The van der Waals surface area contributed by atoms with Gasteiger partial charge in [0.2, 0.25) is 0 Å². The maximum atomic E-state index is 11.5. The van der Waals surface area contributed by atoms with E-state index in [1.165, 1.54) is 0 Å². The fraction of sp³-hybridized carbons (Fsp3) is 0.316. The summed E-state index contributed by atoms with van der Waals surface area (Å²) in [6.07, 6.45) is 2.65. The summed E-state index contributed by atoms with van der Waals surface area (Å²) in [7, 11) is 1.70. The molecule has 3 heterocycles. The number of methoxy groups -OCH3 is 1. The average molecular weight is 368 g/mol. The van der Waals surface area contributed by atoms with Gasteiger partial charge in [-0.2, -0.15) is 0 Å². The minimum atomic E-state index is -0.456. The third-order valence-electron chi connectivity index (χ3n) is 4.66. The Hall–Kier alpha value is -2.54. The molecule has 1 atom stereocenters. The van der Waals surface area contributed by atoms with Crippen LogP contribution in [0.25, 0.3) is 0 Å². The van der Waals surface area contributed by atoms with Gasteiger partial charge in [-0.25, -0.2) is 9.98 Å². The number of aromatic nitrogens is 1. The molecule has 7 heteroatoms. The van der Waals surface area contributed by atoms with Gasteiger partial charge < -0.3 is 19.3 Å². The maximum Gasteiger partial charge on any atom is 0.166 e. The highest BCUT2D eigenvalue weighted by Gasteiger charge is 2.28. The molecule has 1 fully saturated rings. The van der Waals surface area contributed by atoms with E-state index in [4.69, 9.17) is 4.74 Å². The maximum absolute atomic E-state index is 11.5. The molecule has 0 aliphatic carbocycles. The van der Waals surface area contributed by atoms with Crippen LogP contribution in [0.2, 0.25) is 0 Å². The molecule has 2 aromatic rings. The Labute approximate surface area is 156 Å². The lowest BCUT2D eigenvalue weighted by Crippen LogP contribution is -2.48. The molecule has 0 N–H and O–H groups in total. The number of hydrogen-bond acceptors (Lipinski definition) is 7. The molecule has 1 aromatic heterocycles. The first-order chi connectivity index (χ1) is 12.8. The van der Waals surface area contributed by atoms with E-state index < -0.39 is 6.04 Å². The lowest BCUT2D eigenvalue weighted by Gasteiger charge is -2.38. The van der Waals surface area contributed by atoms with Crippen LogP contribution in [0, 0.1) is 0 Å². The van der Waals surface area contributed by atoms with E-state index >= 15 is 0 Å². The summed E-state index contributed by atoms with van der Waals surface area (Å²) in [5.41, 5.74) is 2.01. The molecule has 4 rings (SSSR count). The zero-order valence-electron chi connectivity index (χ0n) is 14.5. The summed E-state index contributed by atoms with van der Waals surface area (Å²) in [5, 5.41) is 1.76. The smallest absolute Gasteiger partial charge is 0.166 e. The van der Waals surface area contributed by atoms with Gasteiger partial charge in [0, 0.05) is 37.9 Å². The van der Waals surface area contributed by atoms with Crippen molar-refractivity contribution in [2.75, 3.05) is 38.2 Å². The summed E-state index contributed by atoms with van der Waals surface area (Å²) in [6.45, 7) is 3.44. The molecule has 0 amide bonds. The number of aldehydes is 1. The van der Waals surface area contributed by atoms with Crippen molar-refractivity contribution in [2.45, 2.75) is 11.1 Å². The lowest BCUT2D eigenvalue weighted by atomic mass is 10.1. The van der Waals surface area contributed by atoms with E-state index in [1.54, 1.807) is 25.1 Å². The topological polar surface area (TPSA) is 58.0 Å². The van der Waals surface area contributed by atoms with E-state index in [1.807, 2.05) is 30.3 Å². The zero-order chi connectivity index (χ0) is 17.9. The highest BCUT2D eigenvalue weighted by atomic mass is 32.2. The first-order valence-corrected chi connectivity index (χ1v) is 9.40. The van der Waals surface area contributed by atoms with Gasteiger partial charge >= 0.3 is 0 Å². The Morgan fingerprint density at radius 1 is 1.12 bits per heavy atom. The van der Waals surface area contributed by atoms with Crippen molar-refractivity contribution in [3.63, 3.8) is 0 Å². The van der Waals surface area contributed by atoms with Gasteiger partial charge in [-0.1, -0.05) is 18.2 Å². The normalized spacial score (nSPS) is 19.6. The lowest BCUT2D eigenvalue weighted by molar-refractivity contribution is -0.109. The number of aliphatic imine (C=N–C) groups is 1. The minimum Gasteiger partial charge on any atom is -0.495 e.